The summed E-state index contributed by atoms with van der Waals surface area (Å²) in [5, 5.41) is 13.7. The molecule has 0 aliphatic carbocycles. The number of nitrogens with zero attached hydrogens (tertiary/aromatic N) is 2. The van der Waals surface area contributed by atoms with Gasteiger partial charge in [0.25, 0.3) is 11.6 Å². The molecule has 2 rings (SSSR count). The number of rotatable bonds is 6. The van der Waals surface area contributed by atoms with Crippen LogP contribution in [0.4, 0.5) is 18.9 Å². The van der Waals surface area contributed by atoms with Gasteiger partial charge < -0.3 is 10.1 Å². The highest BCUT2D eigenvalue weighted by Crippen LogP contribution is 2.26. The number of nitro groups is 1. The topological polar surface area (TPSA) is 119 Å². The van der Waals surface area contributed by atoms with Gasteiger partial charge in [-0.15, -0.1) is 0 Å². The fourth-order valence-electron chi connectivity index (χ4n) is 2.74. The number of nitrogens with one attached hydrogen (secondary N) is 1. The minimum Gasteiger partial charge on any atom is -0.484 e. The van der Waals surface area contributed by atoms with E-state index in [9.17, 15) is 36.5 Å². The first-order valence-electron chi connectivity index (χ1n) is 8.11. The summed E-state index contributed by atoms with van der Waals surface area (Å²) in [6, 6.07) is 2.11. The van der Waals surface area contributed by atoms with Crippen LogP contribution in [0.25, 0.3) is 0 Å². The SMILES string of the molecule is CS(=O)(=O)N1CCCC(NC(=O)c2cc(OCC(F)(F)F)ccc2[N+](=O)[O-])C1. The van der Waals surface area contributed by atoms with Crippen LogP contribution in [-0.4, -0.2) is 61.7 Å². The molecule has 0 aromatic heterocycles. The lowest BCUT2D eigenvalue weighted by atomic mass is 10.1. The van der Waals surface area contributed by atoms with Gasteiger partial charge in [0.15, 0.2) is 6.61 Å². The molecule has 1 atom stereocenters. The number of carbonyl (C=O) groups is 1. The Morgan fingerprint density at radius 2 is 2.11 bits per heavy atom. The molecule has 13 heteroatoms. The lowest BCUT2D eigenvalue weighted by Crippen LogP contribution is -2.49. The molecule has 28 heavy (non-hydrogen) atoms. The van der Waals surface area contributed by atoms with E-state index in [2.05, 4.69) is 10.1 Å². The van der Waals surface area contributed by atoms with Gasteiger partial charge in [0, 0.05) is 25.2 Å². The van der Waals surface area contributed by atoms with Gasteiger partial charge in [0.2, 0.25) is 10.0 Å². The van der Waals surface area contributed by atoms with E-state index in [0.29, 0.717) is 19.4 Å². The molecule has 1 saturated heterocycles. The van der Waals surface area contributed by atoms with Crippen LogP contribution >= 0.6 is 0 Å². The monoisotopic (exact) mass is 425 g/mol. The minimum atomic E-state index is -4.61. The molecule has 1 amide bonds. The van der Waals surface area contributed by atoms with Gasteiger partial charge in [-0.2, -0.15) is 13.2 Å². The highest BCUT2D eigenvalue weighted by molar-refractivity contribution is 7.88. The molecule has 1 aliphatic rings. The Morgan fingerprint density at radius 1 is 1.43 bits per heavy atom. The normalized spacial score (nSPS) is 18.5. The van der Waals surface area contributed by atoms with Crippen LogP contribution in [0.3, 0.4) is 0 Å². The average Bonchev–Trinajstić information content (AvgIpc) is 2.58. The van der Waals surface area contributed by atoms with Crippen molar-refractivity contribution in [3.63, 3.8) is 0 Å². The van der Waals surface area contributed by atoms with Crippen molar-refractivity contribution in [3.8, 4) is 5.75 Å². The zero-order chi connectivity index (χ0) is 21.1. The van der Waals surface area contributed by atoms with Crippen molar-refractivity contribution in [3.05, 3.63) is 33.9 Å². The number of alkyl halides is 3. The number of hydrogen-bond donors (Lipinski definition) is 1. The van der Waals surface area contributed by atoms with Crippen LogP contribution in [0.1, 0.15) is 23.2 Å². The maximum Gasteiger partial charge on any atom is 0.422 e. The van der Waals surface area contributed by atoms with Crippen LogP contribution in [0.15, 0.2) is 18.2 Å². The van der Waals surface area contributed by atoms with E-state index in [4.69, 9.17) is 0 Å². The maximum absolute atomic E-state index is 12.5. The molecule has 0 bridgehead atoms. The fraction of sp³-hybridized carbons (Fsp3) is 0.533. The summed E-state index contributed by atoms with van der Waals surface area (Å²) in [5.41, 5.74) is -1.08. The third-order valence-corrected chi connectivity index (χ3v) is 5.27. The van der Waals surface area contributed by atoms with Crippen LogP contribution in [-0.2, 0) is 10.0 Å². The maximum atomic E-state index is 12.5. The number of hydrogen-bond acceptors (Lipinski definition) is 6. The largest absolute Gasteiger partial charge is 0.484 e. The van der Waals surface area contributed by atoms with Gasteiger partial charge >= 0.3 is 6.18 Å². The molecule has 9 nitrogen and oxygen atoms in total. The number of sulfonamides is 1. The lowest BCUT2D eigenvalue weighted by molar-refractivity contribution is -0.385. The first-order chi connectivity index (χ1) is 12.9. The van der Waals surface area contributed by atoms with E-state index in [-0.39, 0.29) is 12.3 Å². The van der Waals surface area contributed by atoms with E-state index >= 15 is 0 Å². The lowest BCUT2D eigenvalue weighted by Gasteiger charge is -2.31. The number of piperidine rings is 1. The van der Waals surface area contributed by atoms with Crippen LogP contribution in [0.2, 0.25) is 0 Å². The van der Waals surface area contributed by atoms with Gasteiger partial charge in [-0.3, -0.25) is 14.9 Å². The molecule has 1 fully saturated rings. The predicted molar refractivity (Wildman–Crippen MR) is 91.6 cm³/mol. The number of nitro benzene ring substituents is 1. The van der Waals surface area contributed by atoms with Crippen molar-refractivity contribution in [2.24, 2.45) is 0 Å². The molecule has 0 spiro atoms. The van der Waals surface area contributed by atoms with Crippen LogP contribution in [0.5, 0.6) is 5.75 Å². The smallest absolute Gasteiger partial charge is 0.422 e. The van der Waals surface area contributed by atoms with Crippen molar-refractivity contribution >= 4 is 21.6 Å². The Kier molecular flexibility index (Phi) is 6.49. The number of benzene rings is 1. The summed E-state index contributed by atoms with van der Waals surface area (Å²) in [6.45, 7) is -1.31. The Bertz CT molecular complexity index is 859. The number of amides is 1. The molecular weight excluding hydrogens is 407 g/mol. The van der Waals surface area contributed by atoms with E-state index in [1.807, 2.05) is 0 Å². The molecule has 1 aromatic rings. The zero-order valence-corrected chi connectivity index (χ0v) is 15.5. The highest BCUT2D eigenvalue weighted by Gasteiger charge is 2.31. The first-order valence-corrected chi connectivity index (χ1v) is 9.95. The molecule has 1 aliphatic heterocycles. The predicted octanol–water partition coefficient (Wildman–Crippen LogP) is 1.69. The number of ether oxygens (including phenoxy) is 1. The summed E-state index contributed by atoms with van der Waals surface area (Å²) in [7, 11) is -3.46. The molecule has 0 saturated carbocycles. The summed E-state index contributed by atoms with van der Waals surface area (Å²) in [6.07, 6.45) is -2.64. The van der Waals surface area contributed by atoms with Crippen molar-refractivity contribution in [1.29, 1.82) is 0 Å². The standard InChI is InChI=1S/C15H18F3N3O6S/c1-28(25,26)20-6-2-3-10(8-20)19-14(22)12-7-11(27-9-15(16,17)18)4-5-13(12)21(23)24/h4-5,7,10H,2-3,6,8-9H2,1H3,(H,19,22). The number of halogens is 3. The first kappa shape index (κ1) is 21.9. The number of carbonyl (C=O) groups excluding carboxylic acids is 1. The quantitative estimate of drug-likeness (QED) is 0.547. The molecule has 0 radical (unpaired) electrons. The minimum absolute atomic E-state index is 0.00261. The fourth-order valence-corrected chi connectivity index (χ4v) is 3.65. The van der Waals surface area contributed by atoms with Gasteiger partial charge in [-0.05, 0) is 25.0 Å². The summed E-state index contributed by atoms with van der Waals surface area (Å²) < 4.78 is 65.9. The van der Waals surface area contributed by atoms with Gasteiger partial charge in [0.05, 0.1) is 11.2 Å². The third-order valence-electron chi connectivity index (χ3n) is 4.00. The van der Waals surface area contributed by atoms with E-state index in [0.717, 1.165) is 24.5 Å². The summed E-state index contributed by atoms with van der Waals surface area (Å²) in [5.74, 6) is -1.25. The Labute approximate surface area is 158 Å². The average molecular weight is 425 g/mol. The van der Waals surface area contributed by atoms with Gasteiger partial charge in [-0.25, -0.2) is 12.7 Å². The van der Waals surface area contributed by atoms with Crippen molar-refractivity contribution in [2.75, 3.05) is 26.0 Å². The van der Waals surface area contributed by atoms with Crippen molar-refractivity contribution in [1.82, 2.24) is 9.62 Å². The Hall–Kier alpha value is -2.41. The second-order valence-corrected chi connectivity index (χ2v) is 8.26. The van der Waals surface area contributed by atoms with Crippen LogP contribution < -0.4 is 10.1 Å². The van der Waals surface area contributed by atoms with E-state index in [1.54, 1.807) is 0 Å². The third kappa shape index (κ3) is 6.05. The van der Waals surface area contributed by atoms with E-state index in [1.165, 1.54) is 4.31 Å². The summed E-state index contributed by atoms with van der Waals surface area (Å²) in [4.78, 5) is 22.8. The molecular formula is C15H18F3N3O6S. The van der Waals surface area contributed by atoms with E-state index < -0.39 is 50.9 Å². The highest BCUT2D eigenvalue weighted by atomic mass is 32.2. The zero-order valence-electron chi connectivity index (χ0n) is 14.7. The van der Waals surface area contributed by atoms with Crippen LogP contribution in [0, 0.1) is 10.1 Å². The molecule has 1 aromatic carbocycles. The molecule has 1 N–H and O–H groups in total. The van der Waals surface area contributed by atoms with Crippen molar-refractivity contribution in [2.45, 2.75) is 25.1 Å². The Morgan fingerprint density at radius 3 is 2.68 bits per heavy atom. The molecule has 1 unspecified atom stereocenters. The van der Waals surface area contributed by atoms with Gasteiger partial charge in [0.1, 0.15) is 11.3 Å². The molecule has 1 heterocycles. The second-order valence-electron chi connectivity index (χ2n) is 6.27. The van der Waals surface area contributed by atoms with Crippen molar-refractivity contribution < 1.29 is 36.0 Å². The van der Waals surface area contributed by atoms with Gasteiger partial charge in [-0.1, -0.05) is 0 Å². The second kappa shape index (κ2) is 8.31. The molecule has 156 valence electrons. The summed E-state index contributed by atoms with van der Waals surface area (Å²) >= 11 is 0. The Balaban J connectivity index is 2.19.